The number of nitrogens with one attached hydrogen (secondary N) is 2. The number of pyridine rings is 1. The van der Waals surface area contributed by atoms with Crippen LogP contribution in [0.3, 0.4) is 0 Å². The molecule has 0 aliphatic carbocycles. The average molecular weight is 255 g/mol. The van der Waals surface area contributed by atoms with Gasteiger partial charge in [0.2, 0.25) is 0 Å². The van der Waals surface area contributed by atoms with Crippen LogP contribution in [0.1, 0.15) is 18.9 Å². The molecule has 0 amide bonds. The lowest BCUT2D eigenvalue weighted by Crippen LogP contribution is -2.16. The van der Waals surface area contributed by atoms with Gasteiger partial charge in [-0.15, -0.1) is 0 Å². The largest absolute Gasteiger partial charge is 0.382 e. The summed E-state index contributed by atoms with van der Waals surface area (Å²) in [6, 6.07) is 15.1. The summed E-state index contributed by atoms with van der Waals surface area (Å²) in [6.45, 7) is 2.21. The Kier molecular flexibility index (Phi) is 4.78. The normalized spacial score (nSPS) is 11.9. The fourth-order valence-corrected chi connectivity index (χ4v) is 2.04. The zero-order chi connectivity index (χ0) is 13.5. The summed E-state index contributed by atoms with van der Waals surface area (Å²) in [4.78, 5) is 4.21. The second-order valence-corrected chi connectivity index (χ2v) is 4.75. The Morgan fingerprint density at radius 1 is 1.16 bits per heavy atom. The van der Waals surface area contributed by atoms with Crippen molar-refractivity contribution in [3.63, 3.8) is 0 Å². The van der Waals surface area contributed by atoms with Crippen LogP contribution in [0.25, 0.3) is 0 Å². The highest BCUT2D eigenvalue weighted by atomic mass is 15.0. The highest BCUT2D eigenvalue weighted by Crippen LogP contribution is 2.14. The van der Waals surface area contributed by atoms with E-state index >= 15 is 0 Å². The number of hydrogen-bond donors (Lipinski definition) is 2. The number of aromatic nitrogens is 1. The molecule has 2 N–H and O–H groups in total. The van der Waals surface area contributed by atoms with Crippen LogP contribution in [0.4, 0.5) is 11.5 Å². The smallest absolute Gasteiger partial charge is 0.127 e. The zero-order valence-corrected chi connectivity index (χ0v) is 11.6. The number of aryl methyl sites for hydroxylation is 1. The molecule has 2 rings (SSSR count). The Morgan fingerprint density at radius 3 is 2.68 bits per heavy atom. The lowest BCUT2D eigenvalue weighted by molar-refractivity contribution is 0.706. The molecule has 1 aromatic heterocycles. The molecule has 1 heterocycles. The molecule has 0 saturated heterocycles. The maximum Gasteiger partial charge on any atom is 0.127 e. The monoisotopic (exact) mass is 255 g/mol. The first-order valence-electron chi connectivity index (χ1n) is 6.72. The zero-order valence-electron chi connectivity index (χ0n) is 11.6. The van der Waals surface area contributed by atoms with Crippen molar-refractivity contribution >= 4 is 11.5 Å². The van der Waals surface area contributed by atoms with Crippen LogP contribution in [-0.2, 0) is 6.42 Å². The van der Waals surface area contributed by atoms with E-state index in [2.05, 4.69) is 52.9 Å². The molecule has 2 aromatic rings. The van der Waals surface area contributed by atoms with Gasteiger partial charge in [-0.25, -0.2) is 4.98 Å². The first-order chi connectivity index (χ1) is 9.28. The molecular formula is C16H21N3. The van der Waals surface area contributed by atoms with E-state index in [-0.39, 0.29) is 0 Å². The Labute approximate surface area is 115 Å². The highest BCUT2D eigenvalue weighted by molar-refractivity contribution is 5.51. The Hall–Kier alpha value is -2.03. The number of anilines is 2. The molecule has 0 bridgehead atoms. The maximum absolute atomic E-state index is 4.21. The fourth-order valence-electron chi connectivity index (χ4n) is 2.04. The lowest BCUT2D eigenvalue weighted by Gasteiger charge is -2.15. The van der Waals surface area contributed by atoms with Crippen LogP contribution in [0.5, 0.6) is 0 Å². The molecule has 0 spiro atoms. The van der Waals surface area contributed by atoms with Gasteiger partial charge in [-0.05, 0) is 31.4 Å². The first-order valence-corrected chi connectivity index (χ1v) is 6.72. The van der Waals surface area contributed by atoms with Gasteiger partial charge in [0.25, 0.3) is 0 Å². The molecule has 19 heavy (non-hydrogen) atoms. The van der Waals surface area contributed by atoms with Crippen LogP contribution < -0.4 is 10.6 Å². The van der Waals surface area contributed by atoms with Gasteiger partial charge in [0.1, 0.15) is 5.82 Å². The summed E-state index contributed by atoms with van der Waals surface area (Å²) >= 11 is 0. The van der Waals surface area contributed by atoms with E-state index in [4.69, 9.17) is 0 Å². The molecule has 0 radical (unpaired) electrons. The van der Waals surface area contributed by atoms with Crippen LogP contribution in [-0.4, -0.2) is 18.1 Å². The van der Waals surface area contributed by atoms with Crippen molar-refractivity contribution < 1.29 is 0 Å². The van der Waals surface area contributed by atoms with E-state index in [1.54, 1.807) is 0 Å². The second-order valence-electron chi connectivity index (χ2n) is 4.75. The minimum absolute atomic E-state index is 0.437. The van der Waals surface area contributed by atoms with Crippen molar-refractivity contribution in [3.05, 3.63) is 54.2 Å². The number of benzene rings is 1. The molecule has 3 heteroatoms. The molecule has 0 fully saturated rings. The molecule has 0 saturated carbocycles. The van der Waals surface area contributed by atoms with E-state index in [0.717, 1.165) is 24.3 Å². The van der Waals surface area contributed by atoms with Gasteiger partial charge in [-0.2, -0.15) is 0 Å². The van der Waals surface area contributed by atoms with Crippen molar-refractivity contribution in [1.82, 2.24) is 4.98 Å². The Balaban J connectivity index is 1.85. The van der Waals surface area contributed by atoms with Gasteiger partial charge < -0.3 is 10.6 Å². The number of rotatable bonds is 6. The van der Waals surface area contributed by atoms with Gasteiger partial charge in [-0.1, -0.05) is 30.3 Å². The summed E-state index contributed by atoms with van der Waals surface area (Å²) in [6.07, 6.45) is 4.03. The van der Waals surface area contributed by atoms with Crippen LogP contribution in [0.15, 0.2) is 48.7 Å². The molecule has 1 unspecified atom stereocenters. The molecule has 3 nitrogen and oxygen atoms in total. The van der Waals surface area contributed by atoms with E-state index in [0.29, 0.717) is 6.04 Å². The highest BCUT2D eigenvalue weighted by Gasteiger charge is 2.03. The quantitative estimate of drug-likeness (QED) is 0.828. The van der Waals surface area contributed by atoms with Crippen molar-refractivity contribution in [1.29, 1.82) is 0 Å². The molecule has 0 aliphatic rings. The minimum Gasteiger partial charge on any atom is -0.382 e. The number of hydrogen-bond acceptors (Lipinski definition) is 3. The third-order valence-electron chi connectivity index (χ3n) is 3.14. The summed E-state index contributed by atoms with van der Waals surface area (Å²) in [7, 11) is 1.88. The fraction of sp³-hybridized carbons (Fsp3) is 0.312. The van der Waals surface area contributed by atoms with E-state index < -0.39 is 0 Å². The lowest BCUT2D eigenvalue weighted by atomic mass is 10.1. The predicted octanol–water partition coefficient (Wildman–Crippen LogP) is 3.56. The van der Waals surface area contributed by atoms with Crippen molar-refractivity contribution in [2.45, 2.75) is 25.8 Å². The molecule has 1 atom stereocenters. The van der Waals surface area contributed by atoms with Gasteiger partial charge in [0.05, 0.1) is 0 Å². The topological polar surface area (TPSA) is 37.0 Å². The second kappa shape index (κ2) is 6.78. The van der Waals surface area contributed by atoms with Crippen LogP contribution in [0, 0.1) is 0 Å². The predicted molar refractivity (Wildman–Crippen MR) is 81.6 cm³/mol. The summed E-state index contributed by atoms with van der Waals surface area (Å²) < 4.78 is 0. The third kappa shape index (κ3) is 4.28. The van der Waals surface area contributed by atoms with Gasteiger partial charge in [0.15, 0.2) is 0 Å². The summed E-state index contributed by atoms with van der Waals surface area (Å²) in [5, 5.41) is 6.55. The molecule has 1 aromatic carbocycles. The maximum atomic E-state index is 4.21. The van der Waals surface area contributed by atoms with Gasteiger partial charge in [-0.3, -0.25) is 0 Å². The minimum atomic E-state index is 0.437. The Morgan fingerprint density at radius 2 is 1.95 bits per heavy atom. The van der Waals surface area contributed by atoms with E-state index in [1.165, 1.54) is 5.56 Å². The van der Waals surface area contributed by atoms with Crippen LogP contribution in [0.2, 0.25) is 0 Å². The van der Waals surface area contributed by atoms with Crippen molar-refractivity contribution in [2.24, 2.45) is 0 Å². The third-order valence-corrected chi connectivity index (χ3v) is 3.14. The van der Waals surface area contributed by atoms with E-state index in [1.807, 2.05) is 25.4 Å². The standard InChI is InChI=1S/C16H21N3/c1-13(8-9-14-6-4-3-5-7-14)19-15-10-11-18-16(12-15)17-2/h3-7,10-13H,8-9H2,1-2H3,(H2,17,18,19). The number of nitrogens with zero attached hydrogens (tertiary/aromatic N) is 1. The van der Waals surface area contributed by atoms with Crippen LogP contribution >= 0.6 is 0 Å². The molecule has 100 valence electrons. The summed E-state index contributed by atoms with van der Waals surface area (Å²) in [5.41, 5.74) is 2.50. The first kappa shape index (κ1) is 13.4. The van der Waals surface area contributed by atoms with Gasteiger partial charge in [0, 0.05) is 31.0 Å². The molecular weight excluding hydrogens is 234 g/mol. The SMILES string of the molecule is CNc1cc(NC(C)CCc2ccccc2)ccn1. The van der Waals surface area contributed by atoms with Crippen molar-refractivity contribution in [2.75, 3.05) is 17.7 Å². The van der Waals surface area contributed by atoms with Crippen molar-refractivity contribution in [3.8, 4) is 0 Å². The summed E-state index contributed by atoms with van der Waals surface area (Å²) in [5.74, 6) is 0.889. The molecule has 0 aliphatic heterocycles. The Bertz CT molecular complexity index is 496. The van der Waals surface area contributed by atoms with Gasteiger partial charge >= 0.3 is 0 Å². The average Bonchev–Trinajstić information content (AvgIpc) is 2.46. The van der Waals surface area contributed by atoms with E-state index in [9.17, 15) is 0 Å².